The number of nitriles is 2. The molecule has 4 nitrogen and oxygen atoms in total. The Labute approximate surface area is 193 Å². The van der Waals surface area contributed by atoms with Crippen LogP contribution in [0.25, 0.3) is 65.2 Å². The summed E-state index contributed by atoms with van der Waals surface area (Å²) < 4.78 is 0. The molecule has 4 heteroatoms. The summed E-state index contributed by atoms with van der Waals surface area (Å²) in [4.78, 5) is 10.1. The molecule has 0 aliphatic heterocycles. The second-order valence-corrected chi connectivity index (χ2v) is 8.42. The average molecular weight is 430 g/mol. The second-order valence-electron chi connectivity index (χ2n) is 8.42. The van der Waals surface area contributed by atoms with E-state index in [4.69, 9.17) is 9.97 Å². The van der Waals surface area contributed by atoms with Crippen molar-refractivity contribution in [3.05, 3.63) is 96.1 Å². The number of rotatable bonds is 0. The minimum atomic E-state index is 0.343. The topological polar surface area (TPSA) is 73.4 Å². The molecule has 0 fully saturated rings. The fourth-order valence-corrected chi connectivity index (χ4v) is 5.22. The van der Waals surface area contributed by atoms with Gasteiger partial charge in [-0.1, -0.05) is 60.7 Å². The van der Waals surface area contributed by atoms with E-state index in [0.29, 0.717) is 11.1 Å². The summed E-state index contributed by atoms with van der Waals surface area (Å²) in [5, 5.41) is 27.8. The Hall–Kier alpha value is -5.06. The van der Waals surface area contributed by atoms with E-state index in [1.165, 1.54) is 0 Å². The highest BCUT2D eigenvalue weighted by molar-refractivity contribution is 6.38. The standard InChI is InChI=1S/C30H14N4/c31-15-17-13-23-24(14-18(17)16-32)29-30(34-26-12-6-5-11-25(26)33-29)28-22-10-4-2-8-20(22)19-7-1-3-9-21(19)27(23)28/h1-14H. The molecule has 0 amide bonds. The number of aromatic nitrogens is 2. The van der Waals surface area contributed by atoms with Crippen molar-refractivity contribution in [1.29, 1.82) is 10.5 Å². The first-order valence-electron chi connectivity index (χ1n) is 11.0. The van der Waals surface area contributed by atoms with Crippen LogP contribution in [0.2, 0.25) is 0 Å². The Balaban J connectivity index is 1.93. The first-order chi connectivity index (χ1) is 16.8. The summed E-state index contributed by atoms with van der Waals surface area (Å²) in [5.74, 6) is 0. The van der Waals surface area contributed by atoms with Crippen molar-refractivity contribution in [2.75, 3.05) is 0 Å². The maximum Gasteiger partial charge on any atom is 0.101 e. The van der Waals surface area contributed by atoms with Gasteiger partial charge >= 0.3 is 0 Å². The van der Waals surface area contributed by atoms with E-state index >= 15 is 0 Å². The average Bonchev–Trinajstić information content (AvgIpc) is 2.91. The SMILES string of the molecule is N#Cc1cc2c(cc1C#N)c1c3ccccc3c3ccccc3c1c1nc3ccccc3nc21. The van der Waals surface area contributed by atoms with Crippen molar-refractivity contribution in [3.63, 3.8) is 0 Å². The molecule has 0 saturated carbocycles. The minimum Gasteiger partial charge on any atom is -0.244 e. The lowest BCUT2D eigenvalue weighted by Gasteiger charge is -2.16. The molecule has 0 aliphatic carbocycles. The number of benzene rings is 6. The Morgan fingerprint density at radius 1 is 0.471 bits per heavy atom. The third kappa shape index (κ3) is 2.34. The minimum absolute atomic E-state index is 0.343. The van der Waals surface area contributed by atoms with Crippen molar-refractivity contribution >= 4 is 65.2 Å². The molecule has 7 rings (SSSR count). The quantitative estimate of drug-likeness (QED) is 0.189. The van der Waals surface area contributed by atoms with Crippen LogP contribution in [0.3, 0.4) is 0 Å². The molecule has 1 heterocycles. The van der Waals surface area contributed by atoms with Gasteiger partial charge < -0.3 is 0 Å². The van der Waals surface area contributed by atoms with E-state index in [1.54, 1.807) is 6.07 Å². The number of fused-ring (bicyclic) bond motifs is 12. The Kier molecular flexibility index (Phi) is 3.66. The van der Waals surface area contributed by atoms with Crippen LogP contribution in [0, 0.1) is 22.7 Å². The molecular weight excluding hydrogens is 416 g/mol. The Morgan fingerprint density at radius 2 is 0.941 bits per heavy atom. The molecule has 0 unspecified atom stereocenters. The van der Waals surface area contributed by atoms with Crippen LogP contribution in [0.1, 0.15) is 11.1 Å². The fraction of sp³-hybridized carbons (Fsp3) is 0. The summed E-state index contributed by atoms with van der Waals surface area (Å²) >= 11 is 0. The summed E-state index contributed by atoms with van der Waals surface area (Å²) in [7, 11) is 0. The first-order valence-corrected chi connectivity index (χ1v) is 11.0. The van der Waals surface area contributed by atoms with Gasteiger partial charge in [0.1, 0.15) is 12.1 Å². The van der Waals surface area contributed by atoms with Crippen molar-refractivity contribution in [1.82, 2.24) is 9.97 Å². The zero-order chi connectivity index (χ0) is 22.8. The number of para-hydroxylation sites is 2. The molecule has 0 spiro atoms. The maximum absolute atomic E-state index is 9.79. The highest BCUT2D eigenvalue weighted by Crippen LogP contribution is 2.43. The molecule has 0 bridgehead atoms. The molecule has 1 aromatic heterocycles. The summed E-state index contributed by atoms with van der Waals surface area (Å²) in [6, 6.07) is 32.6. The van der Waals surface area contributed by atoms with E-state index in [1.807, 2.05) is 48.5 Å². The summed E-state index contributed by atoms with van der Waals surface area (Å²) in [6.07, 6.45) is 0. The van der Waals surface area contributed by atoms with Gasteiger partial charge in [0.25, 0.3) is 0 Å². The molecule has 6 aromatic carbocycles. The van der Waals surface area contributed by atoms with Crippen LogP contribution in [0.4, 0.5) is 0 Å². The molecule has 0 radical (unpaired) electrons. The smallest absolute Gasteiger partial charge is 0.101 e. The molecular formula is C30H14N4. The van der Waals surface area contributed by atoms with Gasteiger partial charge in [0, 0.05) is 16.2 Å². The predicted molar refractivity (Wildman–Crippen MR) is 136 cm³/mol. The number of hydrogen-bond acceptors (Lipinski definition) is 4. The lowest BCUT2D eigenvalue weighted by molar-refractivity contribution is 1.41. The van der Waals surface area contributed by atoms with Crippen LogP contribution >= 0.6 is 0 Å². The molecule has 7 aromatic rings. The van der Waals surface area contributed by atoms with E-state index < -0.39 is 0 Å². The zero-order valence-electron chi connectivity index (χ0n) is 17.9. The van der Waals surface area contributed by atoms with Crippen molar-refractivity contribution < 1.29 is 0 Å². The maximum atomic E-state index is 9.79. The van der Waals surface area contributed by atoms with Gasteiger partial charge in [0.15, 0.2) is 0 Å². The fourth-order valence-electron chi connectivity index (χ4n) is 5.22. The Bertz CT molecular complexity index is 2090. The summed E-state index contributed by atoms with van der Waals surface area (Å²) in [6.45, 7) is 0. The highest BCUT2D eigenvalue weighted by atomic mass is 14.8. The molecule has 0 N–H and O–H groups in total. The Morgan fingerprint density at radius 3 is 1.53 bits per heavy atom. The van der Waals surface area contributed by atoms with Crippen LogP contribution in [0.15, 0.2) is 84.9 Å². The van der Waals surface area contributed by atoms with E-state index in [-0.39, 0.29) is 0 Å². The van der Waals surface area contributed by atoms with E-state index in [2.05, 4.69) is 42.5 Å². The van der Waals surface area contributed by atoms with Crippen LogP contribution in [0.5, 0.6) is 0 Å². The summed E-state index contributed by atoms with van der Waals surface area (Å²) in [5.41, 5.74) is 3.86. The lowest BCUT2D eigenvalue weighted by Crippen LogP contribution is -1.95. The van der Waals surface area contributed by atoms with Gasteiger partial charge in [-0.2, -0.15) is 10.5 Å². The van der Waals surface area contributed by atoms with Gasteiger partial charge in [-0.25, -0.2) is 9.97 Å². The van der Waals surface area contributed by atoms with Crippen molar-refractivity contribution in [2.45, 2.75) is 0 Å². The first kappa shape index (κ1) is 18.5. The monoisotopic (exact) mass is 430 g/mol. The van der Waals surface area contributed by atoms with Gasteiger partial charge in [0.05, 0.1) is 33.2 Å². The van der Waals surface area contributed by atoms with Crippen LogP contribution < -0.4 is 0 Å². The third-order valence-electron chi connectivity index (χ3n) is 6.66. The second kappa shape index (κ2) is 6.72. The zero-order valence-corrected chi connectivity index (χ0v) is 17.9. The van der Waals surface area contributed by atoms with Crippen molar-refractivity contribution in [3.8, 4) is 12.1 Å². The predicted octanol–water partition coefficient (Wildman–Crippen LogP) is 7.14. The van der Waals surface area contributed by atoms with Gasteiger partial charge in [-0.05, 0) is 51.2 Å². The molecule has 0 aliphatic rings. The largest absolute Gasteiger partial charge is 0.244 e. The normalized spacial score (nSPS) is 11.5. The third-order valence-corrected chi connectivity index (χ3v) is 6.66. The van der Waals surface area contributed by atoms with Crippen LogP contribution in [-0.4, -0.2) is 9.97 Å². The lowest BCUT2D eigenvalue weighted by atomic mass is 9.88. The number of hydrogen-bond donors (Lipinski definition) is 0. The van der Waals surface area contributed by atoms with Gasteiger partial charge in [-0.15, -0.1) is 0 Å². The molecule has 0 atom stereocenters. The van der Waals surface area contributed by atoms with E-state index in [9.17, 15) is 10.5 Å². The van der Waals surface area contributed by atoms with Crippen LogP contribution in [-0.2, 0) is 0 Å². The molecule has 34 heavy (non-hydrogen) atoms. The number of nitrogens with zero attached hydrogens (tertiary/aromatic N) is 4. The van der Waals surface area contributed by atoms with Crippen molar-refractivity contribution in [2.24, 2.45) is 0 Å². The van der Waals surface area contributed by atoms with Gasteiger partial charge in [0.2, 0.25) is 0 Å². The van der Waals surface area contributed by atoms with Gasteiger partial charge in [-0.3, -0.25) is 0 Å². The van der Waals surface area contributed by atoms with E-state index in [0.717, 1.165) is 65.2 Å². The highest BCUT2D eigenvalue weighted by Gasteiger charge is 2.19. The molecule has 0 saturated heterocycles. The molecule has 154 valence electrons.